The van der Waals surface area contributed by atoms with Gasteiger partial charge in [0.05, 0.1) is 36.5 Å². The van der Waals surface area contributed by atoms with Crippen LogP contribution in [0, 0.1) is 5.92 Å². The molecule has 1 aromatic heterocycles. The molecule has 1 N–H and O–H groups in total. The van der Waals surface area contributed by atoms with Crippen molar-refractivity contribution in [2.75, 3.05) is 7.11 Å². The number of imidazole rings is 1. The Morgan fingerprint density at radius 3 is 2.50 bits per heavy atom. The van der Waals surface area contributed by atoms with Crippen LogP contribution in [0.1, 0.15) is 47.9 Å². The van der Waals surface area contributed by atoms with Crippen LogP contribution >= 0.6 is 0 Å². The van der Waals surface area contributed by atoms with Gasteiger partial charge in [-0.25, -0.2) is 9.78 Å². The Bertz CT molecular complexity index is 1290. The second-order valence-electron chi connectivity index (χ2n) is 8.35. The summed E-state index contributed by atoms with van der Waals surface area (Å²) < 4.78 is 10.9. The van der Waals surface area contributed by atoms with E-state index in [9.17, 15) is 9.59 Å². The van der Waals surface area contributed by atoms with Crippen molar-refractivity contribution in [3.8, 4) is 11.1 Å². The Morgan fingerprint density at radius 1 is 1.00 bits per heavy atom. The van der Waals surface area contributed by atoms with Gasteiger partial charge < -0.3 is 14.5 Å². The minimum Gasteiger partial charge on any atom is -0.465 e. The number of H-pyrrole nitrogens is 1. The van der Waals surface area contributed by atoms with Gasteiger partial charge in [-0.05, 0) is 46.7 Å². The Kier molecular flexibility index (Phi) is 7.07. The molecule has 6 heteroatoms. The smallest absolute Gasteiger partial charge is 0.338 e. The molecule has 1 heterocycles. The van der Waals surface area contributed by atoms with E-state index >= 15 is 0 Å². The normalized spacial score (nSPS) is 12.8. The molecule has 0 radical (unpaired) electrons. The van der Waals surface area contributed by atoms with Crippen LogP contribution in [0.4, 0.5) is 0 Å². The topological polar surface area (TPSA) is 81.3 Å². The van der Waals surface area contributed by atoms with Gasteiger partial charge in [-0.1, -0.05) is 68.4 Å². The number of nitrogens with zero attached hydrogens (tertiary/aromatic N) is 1. The summed E-state index contributed by atoms with van der Waals surface area (Å²) in [5, 5.41) is 0. The van der Waals surface area contributed by atoms with Crippen molar-refractivity contribution in [1.82, 2.24) is 9.97 Å². The van der Waals surface area contributed by atoms with E-state index in [2.05, 4.69) is 23.8 Å². The summed E-state index contributed by atoms with van der Waals surface area (Å²) in [5.74, 6) is -0.530. The first-order valence-electron chi connectivity index (χ1n) is 11.4. The number of ether oxygens (including phenoxy) is 2. The third kappa shape index (κ3) is 4.86. The first kappa shape index (κ1) is 23.2. The monoisotopic (exact) mass is 456 g/mol. The van der Waals surface area contributed by atoms with Gasteiger partial charge in [0.25, 0.3) is 0 Å². The molecule has 3 aromatic carbocycles. The first-order chi connectivity index (χ1) is 16.5. The van der Waals surface area contributed by atoms with Gasteiger partial charge in [0.15, 0.2) is 0 Å². The number of nitrogens with one attached hydrogen (secondary N) is 1. The summed E-state index contributed by atoms with van der Waals surface area (Å²) in [5.41, 5.74) is 5.63. The number of benzene rings is 3. The van der Waals surface area contributed by atoms with Crippen molar-refractivity contribution >= 4 is 23.0 Å². The number of hydrogen-bond donors (Lipinski definition) is 1. The molecule has 0 fully saturated rings. The summed E-state index contributed by atoms with van der Waals surface area (Å²) in [6.07, 6.45) is 2.27. The van der Waals surface area contributed by atoms with E-state index in [0.717, 1.165) is 39.7 Å². The zero-order valence-electron chi connectivity index (χ0n) is 19.6. The van der Waals surface area contributed by atoms with E-state index in [0.29, 0.717) is 5.56 Å². The lowest BCUT2D eigenvalue weighted by molar-refractivity contribution is -0.151. The number of fused-ring (bicyclic) bond motifs is 1. The van der Waals surface area contributed by atoms with Gasteiger partial charge in [-0.15, -0.1) is 0 Å². The molecule has 2 unspecified atom stereocenters. The SMILES string of the molecule is CCC(C)C(OC(=O)Cc1cccc2[nH]cnc12)c1ccc(-c2ccccc2C(=O)OC)cc1. The van der Waals surface area contributed by atoms with E-state index in [4.69, 9.17) is 9.47 Å². The van der Waals surface area contributed by atoms with Crippen molar-refractivity contribution in [3.63, 3.8) is 0 Å². The largest absolute Gasteiger partial charge is 0.465 e. The second kappa shape index (κ2) is 10.3. The van der Waals surface area contributed by atoms with Crippen LogP contribution in [0.2, 0.25) is 0 Å². The van der Waals surface area contributed by atoms with Crippen molar-refractivity contribution in [1.29, 1.82) is 0 Å². The fourth-order valence-corrected chi connectivity index (χ4v) is 4.11. The van der Waals surface area contributed by atoms with Crippen molar-refractivity contribution < 1.29 is 19.1 Å². The molecule has 0 saturated heterocycles. The maximum absolute atomic E-state index is 12.9. The number of methoxy groups -OCH3 is 1. The fraction of sp³-hybridized carbons (Fsp3) is 0.250. The quantitative estimate of drug-likeness (QED) is 0.334. The summed E-state index contributed by atoms with van der Waals surface area (Å²) in [6.45, 7) is 4.16. The number of aromatic nitrogens is 2. The minimum absolute atomic E-state index is 0.137. The van der Waals surface area contributed by atoms with Crippen LogP contribution in [0.3, 0.4) is 0 Å². The van der Waals surface area contributed by atoms with Crippen molar-refractivity contribution in [2.45, 2.75) is 32.8 Å². The van der Waals surface area contributed by atoms with Crippen LogP contribution in [-0.4, -0.2) is 29.0 Å². The number of rotatable bonds is 8. The summed E-state index contributed by atoms with van der Waals surface area (Å²) in [6, 6.07) is 20.9. The van der Waals surface area contributed by atoms with Gasteiger partial charge in [0, 0.05) is 0 Å². The van der Waals surface area contributed by atoms with E-state index in [1.807, 2.05) is 60.7 Å². The zero-order chi connectivity index (χ0) is 24.1. The first-order valence-corrected chi connectivity index (χ1v) is 11.4. The highest BCUT2D eigenvalue weighted by atomic mass is 16.5. The lowest BCUT2D eigenvalue weighted by Crippen LogP contribution is -2.19. The standard InChI is InChI=1S/C28H28N2O4/c1-4-18(2)27(34-25(31)16-21-8-7-11-24-26(21)30-17-29-24)20-14-12-19(13-15-20)22-9-5-6-10-23(22)28(32)33-3/h5-15,17-18,27H,4,16H2,1-3H3,(H,29,30). The Hall–Kier alpha value is -3.93. The van der Waals surface area contributed by atoms with Gasteiger partial charge >= 0.3 is 11.9 Å². The Balaban J connectivity index is 1.56. The molecule has 0 aliphatic heterocycles. The molecule has 0 bridgehead atoms. The van der Waals surface area contributed by atoms with E-state index in [-0.39, 0.29) is 30.4 Å². The highest BCUT2D eigenvalue weighted by Crippen LogP contribution is 2.32. The number of carbonyl (C=O) groups excluding carboxylic acids is 2. The summed E-state index contributed by atoms with van der Waals surface area (Å²) >= 11 is 0. The molecule has 0 aliphatic rings. The molecule has 4 rings (SSSR count). The number of aromatic amines is 1. The third-order valence-electron chi connectivity index (χ3n) is 6.17. The third-order valence-corrected chi connectivity index (χ3v) is 6.17. The molecular weight excluding hydrogens is 428 g/mol. The van der Waals surface area contributed by atoms with Crippen molar-refractivity contribution in [3.05, 3.63) is 89.7 Å². The number of hydrogen-bond acceptors (Lipinski definition) is 5. The average Bonchev–Trinajstić information content (AvgIpc) is 3.36. The van der Waals surface area contributed by atoms with Gasteiger partial charge in [-0.3, -0.25) is 4.79 Å². The highest BCUT2D eigenvalue weighted by molar-refractivity contribution is 5.97. The molecular formula is C28H28N2O4. The van der Waals surface area contributed by atoms with E-state index < -0.39 is 0 Å². The maximum Gasteiger partial charge on any atom is 0.338 e. The number of carbonyl (C=O) groups is 2. The molecule has 174 valence electrons. The maximum atomic E-state index is 12.9. The van der Waals surface area contributed by atoms with Gasteiger partial charge in [0.1, 0.15) is 6.10 Å². The lowest BCUT2D eigenvalue weighted by atomic mass is 9.92. The Labute approximate surface area is 198 Å². The number of esters is 2. The molecule has 0 spiro atoms. The van der Waals surface area contributed by atoms with Crippen LogP contribution in [0.25, 0.3) is 22.2 Å². The predicted molar refractivity (Wildman–Crippen MR) is 131 cm³/mol. The molecule has 2 atom stereocenters. The second-order valence-corrected chi connectivity index (χ2v) is 8.35. The molecule has 6 nitrogen and oxygen atoms in total. The summed E-state index contributed by atoms with van der Waals surface area (Å²) in [4.78, 5) is 32.5. The minimum atomic E-state index is -0.377. The van der Waals surface area contributed by atoms with Crippen LogP contribution in [0.5, 0.6) is 0 Å². The van der Waals surface area contributed by atoms with Gasteiger partial charge in [-0.2, -0.15) is 0 Å². The lowest BCUT2D eigenvalue weighted by Gasteiger charge is -2.24. The highest BCUT2D eigenvalue weighted by Gasteiger charge is 2.23. The number of para-hydroxylation sites is 1. The van der Waals surface area contributed by atoms with Gasteiger partial charge in [0.2, 0.25) is 0 Å². The summed E-state index contributed by atoms with van der Waals surface area (Å²) in [7, 11) is 1.37. The fourth-order valence-electron chi connectivity index (χ4n) is 4.11. The molecule has 34 heavy (non-hydrogen) atoms. The predicted octanol–water partition coefficient (Wildman–Crippen LogP) is 5.89. The molecule has 4 aromatic rings. The zero-order valence-corrected chi connectivity index (χ0v) is 19.6. The van der Waals surface area contributed by atoms with Crippen molar-refractivity contribution in [2.24, 2.45) is 5.92 Å². The van der Waals surface area contributed by atoms with E-state index in [1.54, 1.807) is 12.4 Å². The molecule has 0 amide bonds. The Morgan fingerprint density at radius 2 is 1.76 bits per heavy atom. The molecule has 0 aliphatic carbocycles. The molecule has 0 saturated carbocycles. The van der Waals surface area contributed by atoms with Crippen LogP contribution in [0.15, 0.2) is 73.1 Å². The van der Waals surface area contributed by atoms with Crippen LogP contribution < -0.4 is 0 Å². The van der Waals surface area contributed by atoms with E-state index in [1.165, 1.54) is 7.11 Å². The average molecular weight is 457 g/mol. The van der Waals surface area contributed by atoms with Crippen LogP contribution in [-0.2, 0) is 20.7 Å².